The van der Waals surface area contributed by atoms with Gasteiger partial charge in [0.05, 0.1) is 18.1 Å². The van der Waals surface area contributed by atoms with Crippen LogP contribution in [0.2, 0.25) is 0 Å². The number of aromatic nitrogens is 2. The minimum absolute atomic E-state index is 0.0733. The molecule has 1 rings (SSSR count). The van der Waals surface area contributed by atoms with E-state index in [-0.39, 0.29) is 11.8 Å². The van der Waals surface area contributed by atoms with Crippen molar-refractivity contribution >= 4 is 39.1 Å². The maximum Gasteiger partial charge on any atom is 0.239 e. The molecule has 64 valence electrons. The van der Waals surface area contributed by atoms with E-state index in [2.05, 4.69) is 31.2 Å². The normalized spacial score (nSPS) is 9.50. The van der Waals surface area contributed by atoms with Gasteiger partial charge in [0.15, 0.2) is 4.73 Å². The van der Waals surface area contributed by atoms with Crippen molar-refractivity contribution in [2.45, 2.75) is 0 Å². The fraction of sp³-hybridized carbons (Fsp3) is 0.167. The number of alkyl halides is 1. The van der Waals surface area contributed by atoms with Gasteiger partial charge in [0.25, 0.3) is 0 Å². The van der Waals surface area contributed by atoms with Crippen LogP contribution < -0.4 is 5.32 Å². The second-order valence-corrected chi connectivity index (χ2v) is 2.90. The first-order valence-corrected chi connectivity index (χ1v) is 4.38. The van der Waals surface area contributed by atoms with Gasteiger partial charge in [0, 0.05) is 0 Å². The number of nitrogens with zero attached hydrogens (tertiary/aromatic N) is 2. The van der Waals surface area contributed by atoms with Crippen LogP contribution in [0.4, 0.5) is 5.69 Å². The molecule has 0 saturated heterocycles. The summed E-state index contributed by atoms with van der Waals surface area (Å²) in [7, 11) is 0. The summed E-state index contributed by atoms with van der Waals surface area (Å²) in [4.78, 5) is 18.4. The molecule has 0 saturated carbocycles. The molecule has 0 radical (unpaired) electrons. The van der Waals surface area contributed by atoms with E-state index in [4.69, 9.17) is 11.6 Å². The molecule has 1 aromatic rings. The van der Waals surface area contributed by atoms with Crippen LogP contribution >= 0.6 is 27.5 Å². The van der Waals surface area contributed by atoms with E-state index in [1.54, 1.807) is 0 Å². The minimum Gasteiger partial charge on any atom is -0.322 e. The summed E-state index contributed by atoms with van der Waals surface area (Å²) in [5, 5.41) is 2.50. The van der Waals surface area contributed by atoms with Gasteiger partial charge in [0.2, 0.25) is 5.91 Å². The minimum atomic E-state index is -0.275. The van der Waals surface area contributed by atoms with Crippen molar-refractivity contribution < 1.29 is 4.79 Å². The molecular weight excluding hydrogens is 245 g/mol. The lowest BCUT2D eigenvalue weighted by Gasteiger charge is -2.00. The van der Waals surface area contributed by atoms with E-state index in [1.165, 1.54) is 12.4 Å². The standard InChI is InChI=1S/C6H5BrClN3O/c7-6-9-2-4(3-10-6)11-5(12)1-8/h2-3H,1H2,(H,11,12). The number of rotatable bonds is 2. The third kappa shape index (κ3) is 2.75. The molecule has 0 bridgehead atoms. The van der Waals surface area contributed by atoms with Crippen LogP contribution in [-0.4, -0.2) is 21.8 Å². The second kappa shape index (κ2) is 4.37. The molecule has 1 amide bonds. The van der Waals surface area contributed by atoms with E-state index in [0.717, 1.165) is 0 Å². The fourth-order valence-corrected chi connectivity index (χ4v) is 0.843. The third-order valence-electron chi connectivity index (χ3n) is 1.03. The van der Waals surface area contributed by atoms with E-state index >= 15 is 0 Å². The largest absolute Gasteiger partial charge is 0.322 e. The second-order valence-electron chi connectivity index (χ2n) is 1.92. The van der Waals surface area contributed by atoms with Crippen LogP contribution in [0.3, 0.4) is 0 Å². The SMILES string of the molecule is O=C(CCl)Nc1cnc(Br)nc1. The molecule has 0 fully saturated rings. The molecule has 1 N–H and O–H groups in total. The van der Waals surface area contributed by atoms with Gasteiger partial charge in [-0.05, 0) is 15.9 Å². The van der Waals surface area contributed by atoms with Crippen molar-refractivity contribution in [2.24, 2.45) is 0 Å². The number of hydrogen-bond donors (Lipinski definition) is 1. The van der Waals surface area contributed by atoms with Crippen LogP contribution in [0, 0.1) is 0 Å². The first-order chi connectivity index (χ1) is 5.72. The van der Waals surface area contributed by atoms with Gasteiger partial charge < -0.3 is 5.32 Å². The summed E-state index contributed by atoms with van der Waals surface area (Å²) in [5.41, 5.74) is 0.531. The summed E-state index contributed by atoms with van der Waals surface area (Å²) in [6, 6.07) is 0. The molecule has 12 heavy (non-hydrogen) atoms. The number of carbonyl (C=O) groups is 1. The van der Waals surface area contributed by atoms with Crippen molar-refractivity contribution in [3.8, 4) is 0 Å². The summed E-state index contributed by atoms with van der Waals surface area (Å²) >= 11 is 8.34. The zero-order valence-corrected chi connectivity index (χ0v) is 8.26. The number of amides is 1. The Morgan fingerprint density at radius 1 is 1.58 bits per heavy atom. The molecule has 0 aliphatic heterocycles. The molecule has 6 heteroatoms. The first kappa shape index (κ1) is 9.41. The van der Waals surface area contributed by atoms with Gasteiger partial charge in [-0.1, -0.05) is 0 Å². The molecule has 0 spiro atoms. The highest BCUT2D eigenvalue weighted by molar-refractivity contribution is 9.10. The highest BCUT2D eigenvalue weighted by atomic mass is 79.9. The van der Waals surface area contributed by atoms with Crippen LogP contribution in [0.25, 0.3) is 0 Å². The maximum atomic E-state index is 10.8. The molecule has 0 atom stereocenters. The van der Waals surface area contributed by atoms with Crippen molar-refractivity contribution in [3.63, 3.8) is 0 Å². The fourth-order valence-electron chi connectivity index (χ4n) is 0.571. The lowest BCUT2D eigenvalue weighted by molar-refractivity contribution is -0.113. The monoisotopic (exact) mass is 249 g/mol. The van der Waals surface area contributed by atoms with Crippen molar-refractivity contribution in [2.75, 3.05) is 11.2 Å². The zero-order valence-electron chi connectivity index (χ0n) is 5.92. The first-order valence-electron chi connectivity index (χ1n) is 3.05. The average molecular weight is 250 g/mol. The summed E-state index contributed by atoms with van der Waals surface area (Å²) < 4.78 is 0.478. The van der Waals surface area contributed by atoms with Crippen LogP contribution in [0.5, 0.6) is 0 Å². The Hall–Kier alpha value is -0.680. The Kier molecular flexibility index (Phi) is 3.43. The Morgan fingerprint density at radius 3 is 2.67 bits per heavy atom. The van der Waals surface area contributed by atoms with Gasteiger partial charge in [-0.25, -0.2) is 9.97 Å². The number of halogens is 2. The van der Waals surface area contributed by atoms with Crippen molar-refractivity contribution in [3.05, 3.63) is 17.1 Å². The molecule has 0 aliphatic rings. The molecular formula is C6H5BrClN3O. The Bertz CT molecular complexity index is 277. The summed E-state index contributed by atoms with van der Waals surface area (Å²) in [6.45, 7) is 0. The predicted molar refractivity (Wildman–Crippen MR) is 49.1 cm³/mol. The lowest BCUT2D eigenvalue weighted by atomic mass is 10.5. The highest BCUT2D eigenvalue weighted by Gasteiger charge is 1.99. The van der Waals surface area contributed by atoms with Crippen LogP contribution in [0.15, 0.2) is 17.1 Å². The molecule has 0 aromatic carbocycles. The number of anilines is 1. The number of hydrogen-bond acceptors (Lipinski definition) is 3. The van der Waals surface area contributed by atoms with Gasteiger partial charge >= 0.3 is 0 Å². The Balaban J connectivity index is 2.64. The average Bonchev–Trinajstić information content (AvgIpc) is 2.09. The quantitative estimate of drug-likeness (QED) is 0.638. The van der Waals surface area contributed by atoms with Crippen molar-refractivity contribution in [1.29, 1.82) is 0 Å². The third-order valence-corrected chi connectivity index (χ3v) is 1.68. The topological polar surface area (TPSA) is 54.9 Å². The highest BCUT2D eigenvalue weighted by Crippen LogP contribution is 2.06. The lowest BCUT2D eigenvalue weighted by Crippen LogP contribution is -2.12. The molecule has 4 nitrogen and oxygen atoms in total. The molecule has 0 unspecified atom stereocenters. The van der Waals surface area contributed by atoms with Gasteiger partial charge in [-0.2, -0.15) is 0 Å². The Labute approximate surface area is 82.5 Å². The Morgan fingerprint density at radius 2 is 2.17 bits per heavy atom. The smallest absolute Gasteiger partial charge is 0.239 e. The van der Waals surface area contributed by atoms with E-state index in [1.807, 2.05) is 0 Å². The van der Waals surface area contributed by atoms with Gasteiger partial charge in [0.1, 0.15) is 5.88 Å². The number of carbonyl (C=O) groups excluding carboxylic acids is 1. The molecule has 1 heterocycles. The van der Waals surface area contributed by atoms with Gasteiger partial charge in [-0.15, -0.1) is 11.6 Å². The van der Waals surface area contributed by atoms with E-state index < -0.39 is 0 Å². The van der Waals surface area contributed by atoms with Crippen molar-refractivity contribution in [1.82, 2.24) is 9.97 Å². The van der Waals surface area contributed by atoms with E-state index in [0.29, 0.717) is 10.4 Å². The van der Waals surface area contributed by atoms with Crippen LogP contribution in [-0.2, 0) is 4.79 Å². The maximum absolute atomic E-state index is 10.8. The summed E-state index contributed by atoms with van der Waals surface area (Å²) in [6.07, 6.45) is 2.98. The van der Waals surface area contributed by atoms with Gasteiger partial charge in [-0.3, -0.25) is 4.79 Å². The molecule has 1 aromatic heterocycles. The zero-order chi connectivity index (χ0) is 8.97. The van der Waals surface area contributed by atoms with E-state index in [9.17, 15) is 4.79 Å². The summed E-state index contributed by atoms with van der Waals surface area (Å²) in [5.74, 6) is -0.349. The molecule has 0 aliphatic carbocycles. The predicted octanol–water partition coefficient (Wildman–Crippen LogP) is 1.42. The number of nitrogens with one attached hydrogen (secondary N) is 1. The van der Waals surface area contributed by atoms with Crippen LogP contribution in [0.1, 0.15) is 0 Å².